The molecular formula is C16H22N2O3. The number of hydrogen-bond acceptors (Lipinski definition) is 3. The first kappa shape index (κ1) is 15.5. The third-order valence-electron chi connectivity index (χ3n) is 3.82. The molecule has 114 valence electrons. The first-order valence-electron chi connectivity index (χ1n) is 7.45. The van der Waals surface area contributed by atoms with Gasteiger partial charge in [-0.3, -0.25) is 4.79 Å². The summed E-state index contributed by atoms with van der Waals surface area (Å²) in [5, 5.41) is 12.3. The molecule has 21 heavy (non-hydrogen) atoms. The maximum atomic E-state index is 12.1. The van der Waals surface area contributed by atoms with E-state index in [9.17, 15) is 9.59 Å². The molecule has 0 bridgehead atoms. The molecule has 1 aliphatic rings. The number of rotatable bonds is 6. The SMILES string of the molecule is O=C(O)[C@@H]1CCCCN1C(=O)CNCCc1ccccc1. The number of likely N-dealkylation sites (tertiary alicyclic amines) is 1. The quantitative estimate of drug-likeness (QED) is 0.775. The Morgan fingerprint density at radius 2 is 2.00 bits per heavy atom. The van der Waals surface area contributed by atoms with Crippen molar-refractivity contribution < 1.29 is 14.7 Å². The van der Waals surface area contributed by atoms with Crippen LogP contribution in [0.4, 0.5) is 0 Å². The molecule has 2 N–H and O–H groups in total. The van der Waals surface area contributed by atoms with Gasteiger partial charge in [0.25, 0.3) is 0 Å². The van der Waals surface area contributed by atoms with Gasteiger partial charge in [-0.15, -0.1) is 0 Å². The van der Waals surface area contributed by atoms with Crippen molar-refractivity contribution in [3.8, 4) is 0 Å². The molecule has 5 nitrogen and oxygen atoms in total. The summed E-state index contributed by atoms with van der Waals surface area (Å²) in [6, 6.07) is 9.41. The lowest BCUT2D eigenvalue weighted by atomic mass is 10.0. The molecule has 0 aromatic heterocycles. The van der Waals surface area contributed by atoms with Gasteiger partial charge in [0, 0.05) is 6.54 Å². The van der Waals surface area contributed by atoms with Crippen LogP contribution in [0.3, 0.4) is 0 Å². The average molecular weight is 290 g/mol. The predicted octanol–water partition coefficient (Wildman–Crippen LogP) is 1.28. The van der Waals surface area contributed by atoms with E-state index >= 15 is 0 Å². The number of benzene rings is 1. The molecule has 1 fully saturated rings. The summed E-state index contributed by atoms with van der Waals surface area (Å²) in [6.07, 6.45) is 3.18. The van der Waals surface area contributed by atoms with Gasteiger partial charge in [-0.2, -0.15) is 0 Å². The zero-order valence-corrected chi connectivity index (χ0v) is 12.1. The fraction of sp³-hybridized carbons (Fsp3) is 0.500. The van der Waals surface area contributed by atoms with Gasteiger partial charge in [-0.1, -0.05) is 30.3 Å². The minimum Gasteiger partial charge on any atom is -0.480 e. The molecule has 1 amide bonds. The summed E-state index contributed by atoms with van der Waals surface area (Å²) in [6.45, 7) is 1.47. The molecule has 2 rings (SSSR count). The highest BCUT2D eigenvalue weighted by atomic mass is 16.4. The van der Waals surface area contributed by atoms with Gasteiger partial charge in [0.1, 0.15) is 6.04 Å². The van der Waals surface area contributed by atoms with Crippen molar-refractivity contribution >= 4 is 11.9 Å². The zero-order chi connectivity index (χ0) is 15.1. The van der Waals surface area contributed by atoms with Gasteiger partial charge in [0.15, 0.2) is 0 Å². The van der Waals surface area contributed by atoms with Crippen LogP contribution in [0.25, 0.3) is 0 Å². The standard InChI is InChI=1S/C16H22N2O3/c19-15(18-11-5-4-8-14(18)16(20)21)12-17-10-9-13-6-2-1-3-7-13/h1-3,6-7,14,17H,4-5,8-12H2,(H,20,21)/t14-/m0/s1. The van der Waals surface area contributed by atoms with Gasteiger partial charge in [-0.05, 0) is 37.8 Å². The van der Waals surface area contributed by atoms with Crippen LogP contribution in [0.2, 0.25) is 0 Å². The number of nitrogens with one attached hydrogen (secondary N) is 1. The van der Waals surface area contributed by atoms with E-state index in [2.05, 4.69) is 17.4 Å². The second kappa shape index (κ2) is 7.78. The normalized spacial score (nSPS) is 18.5. The number of nitrogens with zero attached hydrogens (tertiary/aromatic N) is 1. The van der Waals surface area contributed by atoms with E-state index in [1.807, 2.05) is 18.2 Å². The van der Waals surface area contributed by atoms with E-state index in [1.54, 1.807) is 0 Å². The topological polar surface area (TPSA) is 69.6 Å². The van der Waals surface area contributed by atoms with Crippen LogP contribution in [0.5, 0.6) is 0 Å². The van der Waals surface area contributed by atoms with Gasteiger partial charge < -0.3 is 15.3 Å². The Hall–Kier alpha value is -1.88. The van der Waals surface area contributed by atoms with Crippen molar-refractivity contribution in [2.75, 3.05) is 19.6 Å². The Labute approximate surface area is 125 Å². The molecular weight excluding hydrogens is 268 g/mol. The van der Waals surface area contributed by atoms with Crippen molar-refractivity contribution in [3.63, 3.8) is 0 Å². The summed E-state index contributed by atoms with van der Waals surface area (Å²) < 4.78 is 0. The first-order chi connectivity index (χ1) is 10.2. The van der Waals surface area contributed by atoms with E-state index in [0.717, 1.165) is 19.3 Å². The smallest absolute Gasteiger partial charge is 0.326 e. The van der Waals surface area contributed by atoms with Gasteiger partial charge >= 0.3 is 5.97 Å². The highest BCUT2D eigenvalue weighted by molar-refractivity contribution is 5.85. The van der Waals surface area contributed by atoms with E-state index in [-0.39, 0.29) is 12.5 Å². The third kappa shape index (κ3) is 4.56. The van der Waals surface area contributed by atoms with Crippen molar-refractivity contribution in [1.29, 1.82) is 0 Å². The number of carboxylic acids is 1. The Bertz CT molecular complexity index is 476. The number of carbonyl (C=O) groups is 2. The van der Waals surface area contributed by atoms with Crippen molar-refractivity contribution in [2.45, 2.75) is 31.7 Å². The molecule has 1 heterocycles. The van der Waals surface area contributed by atoms with E-state index in [4.69, 9.17) is 5.11 Å². The summed E-state index contributed by atoms with van der Waals surface area (Å²) in [7, 11) is 0. The summed E-state index contributed by atoms with van der Waals surface area (Å²) in [4.78, 5) is 24.8. The number of carbonyl (C=O) groups excluding carboxylic acids is 1. The molecule has 1 saturated heterocycles. The second-order valence-electron chi connectivity index (χ2n) is 5.35. The van der Waals surface area contributed by atoms with Crippen LogP contribution in [0.1, 0.15) is 24.8 Å². The Balaban J connectivity index is 1.74. The van der Waals surface area contributed by atoms with Gasteiger partial charge in [0.05, 0.1) is 6.54 Å². The summed E-state index contributed by atoms with van der Waals surface area (Å²) in [5.41, 5.74) is 1.22. The molecule has 1 aromatic rings. The zero-order valence-electron chi connectivity index (χ0n) is 12.1. The lowest BCUT2D eigenvalue weighted by Gasteiger charge is -2.33. The third-order valence-corrected chi connectivity index (χ3v) is 3.82. The number of aliphatic carboxylic acids is 1. The molecule has 0 radical (unpaired) electrons. The minimum absolute atomic E-state index is 0.116. The molecule has 0 saturated carbocycles. The van der Waals surface area contributed by atoms with Crippen LogP contribution in [-0.2, 0) is 16.0 Å². The van der Waals surface area contributed by atoms with E-state index < -0.39 is 12.0 Å². The predicted molar refractivity (Wildman–Crippen MR) is 80.0 cm³/mol. The lowest BCUT2D eigenvalue weighted by molar-refractivity contribution is -0.151. The lowest BCUT2D eigenvalue weighted by Crippen LogP contribution is -2.50. The number of carboxylic acid groups (broad SMARTS) is 1. The highest BCUT2D eigenvalue weighted by Gasteiger charge is 2.31. The number of amides is 1. The average Bonchev–Trinajstić information content (AvgIpc) is 2.52. The minimum atomic E-state index is -0.896. The fourth-order valence-corrected chi connectivity index (χ4v) is 2.66. The maximum Gasteiger partial charge on any atom is 0.326 e. The van der Waals surface area contributed by atoms with Crippen LogP contribution in [0.15, 0.2) is 30.3 Å². The molecule has 0 spiro atoms. The molecule has 1 aliphatic heterocycles. The van der Waals surface area contributed by atoms with Crippen LogP contribution in [0, 0.1) is 0 Å². The molecule has 1 aromatic carbocycles. The van der Waals surface area contributed by atoms with Gasteiger partial charge in [-0.25, -0.2) is 4.79 Å². The molecule has 1 atom stereocenters. The summed E-state index contributed by atoms with van der Waals surface area (Å²) >= 11 is 0. The monoisotopic (exact) mass is 290 g/mol. The van der Waals surface area contributed by atoms with E-state index in [1.165, 1.54) is 10.5 Å². The Morgan fingerprint density at radius 3 is 2.71 bits per heavy atom. The molecule has 0 unspecified atom stereocenters. The van der Waals surface area contributed by atoms with Gasteiger partial charge in [0.2, 0.25) is 5.91 Å². The van der Waals surface area contributed by atoms with Crippen molar-refractivity contribution in [3.05, 3.63) is 35.9 Å². The Kier molecular flexibility index (Phi) is 5.75. The highest BCUT2D eigenvalue weighted by Crippen LogP contribution is 2.17. The first-order valence-corrected chi connectivity index (χ1v) is 7.45. The summed E-state index contributed by atoms with van der Waals surface area (Å²) in [5.74, 6) is -1.01. The fourth-order valence-electron chi connectivity index (χ4n) is 2.66. The molecule has 0 aliphatic carbocycles. The van der Waals surface area contributed by atoms with Crippen molar-refractivity contribution in [1.82, 2.24) is 10.2 Å². The Morgan fingerprint density at radius 1 is 1.24 bits per heavy atom. The maximum absolute atomic E-state index is 12.1. The largest absolute Gasteiger partial charge is 0.480 e. The van der Waals surface area contributed by atoms with Crippen LogP contribution < -0.4 is 5.32 Å². The van der Waals surface area contributed by atoms with E-state index in [0.29, 0.717) is 19.5 Å². The van der Waals surface area contributed by atoms with Crippen molar-refractivity contribution in [2.24, 2.45) is 0 Å². The second-order valence-corrected chi connectivity index (χ2v) is 5.35. The molecule has 5 heteroatoms. The number of piperidine rings is 1. The van der Waals surface area contributed by atoms with Crippen LogP contribution in [-0.4, -0.2) is 47.6 Å². The van der Waals surface area contributed by atoms with Crippen LogP contribution >= 0.6 is 0 Å². The number of hydrogen-bond donors (Lipinski definition) is 2.